The molecule has 1 aliphatic heterocycles. The lowest BCUT2D eigenvalue weighted by Crippen LogP contribution is -2.47. The summed E-state index contributed by atoms with van der Waals surface area (Å²) in [6.07, 6.45) is 5.16. The van der Waals surface area contributed by atoms with E-state index < -0.39 is 21.9 Å². The molecule has 2 fully saturated rings. The normalized spacial score (nSPS) is 18.6. The maximum absolute atomic E-state index is 13.5. The first-order chi connectivity index (χ1) is 18.2. The molecule has 5 rings (SSSR count). The third-order valence-electron chi connectivity index (χ3n) is 7.61. The molecule has 0 bridgehead atoms. The maximum Gasteiger partial charge on any atom is 0.335 e. The predicted octanol–water partition coefficient (Wildman–Crippen LogP) is 4.23. The number of aromatic carboxylic acids is 1. The van der Waals surface area contributed by atoms with Crippen LogP contribution >= 0.6 is 11.3 Å². The van der Waals surface area contributed by atoms with Crippen LogP contribution in [0.5, 0.6) is 0 Å². The number of carboxylic acid groups (broad SMARTS) is 1. The molecule has 1 amide bonds. The first-order valence-corrected chi connectivity index (χ1v) is 15.2. The Labute approximate surface area is 226 Å². The van der Waals surface area contributed by atoms with Crippen LogP contribution in [0.3, 0.4) is 0 Å². The summed E-state index contributed by atoms with van der Waals surface area (Å²) in [5, 5.41) is 12.6. The van der Waals surface area contributed by atoms with E-state index in [9.17, 15) is 23.1 Å². The summed E-state index contributed by atoms with van der Waals surface area (Å²) in [6, 6.07) is 11.4. The van der Waals surface area contributed by atoms with Crippen molar-refractivity contribution in [2.24, 2.45) is 5.92 Å². The number of carboxylic acids is 1. The number of nitrogens with one attached hydrogen (secondary N) is 1. The number of carbonyl (C=O) groups excluding carboxylic acids is 1. The van der Waals surface area contributed by atoms with Crippen molar-refractivity contribution in [3.8, 4) is 0 Å². The fourth-order valence-electron chi connectivity index (χ4n) is 5.33. The summed E-state index contributed by atoms with van der Waals surface area (Å²) in [5.74, 6) is -1.21. The summed E-state index contributed by atoms with van der Waals surface area (Å²) in [7, 11) is -1.61. The molecule has 2 aliphatic rings. The monoisotopic (exact) mass is 556 g/mol. The van der Waals surface area contributed by atoms with Crippen molar-refractivity contribution < 1.29 is 23.1 Å². The molecule has 0 radical (unpaired) electrons. The van der Waals surface area contributed by atoms with Crippen LogP contribution in [-0.4, -0.2) is 72.8 Å². The molecule has 1 atom stereocenters. The van der Waals surface area contributed by atoms with Gasteiger partial charge in [-0.05, 0) is 55.3 Å². The van der Waals surface area contributed by atoms with Gasteiger partial charge in [0.2, 0.25) is 15.9 Å². The third-order valence-corrected chi connectivity index (χ3v) is 10.5. The number of aromatic nitrogens is 1. The summed E-state index contributed by atoms with van der Waals surface area (Å²) < 4.78 is 28.5. The smallest absolute Gasteiger partial charge is 0.335 e. The highest BCUT2D eigenvalue weighted by molar-refractivity contribution is 7.89. The van der Waals surface area contributed by atoms with E-state index in [0.717, 1.165) is 31.2 Å². The van der Waals surface area contributed by atoms with Crippen LogP contribution in [0.1, 0.15) is 53.9 Å². The van der Waals surface area contributed by atoms with Crippen molar-refractivity contribution in [1.29, 1.82) is 0 Å². The zero-order valence-corrected chi connectivity index (χ0v) is 22.9. The van der Waals surface area contributed by atoms with E-state index >= 15 is 0 Å². The lowest BCUT2D eigenvalue weighted by molar-refractivity contribution is -0.118. The van der Waals surface area contributed by atoms with Crippen molar-refractivity contribution in [2.45, 2.75) is 42.9 Å². The van der Waals surface area contributed by atoms with Gasteiger partial charge in [-0.25, -0.2) is 18.2 Å². The Kier molecular flexibility index (Phi) is 7.80. The Hall–Kier alpha value is -2.86. The maximum atomic E-state index is 13.5. The molecule has 1 unspecified atom stereocenters. The van der Waals surface area contributed by atoms with Gasteiger partial charge in [-0.1, -0.05) is 49.2 Å². The van der Waals surface area contributed by atoms with Gasteiger partial charge in [-0.2, -0.15) is 4.31 Å². The Balaban J connectivity index is 1.37. The predicted molar refractivity (Wildman–Crippen MR) is 147 cm³/mol. The van der Waals surface area contributed by atoms with Gasteiger partial charge in [0.15, 0.2) is 5.13 Å². The summed E-state index contributed by atoms with van der Waals surface area (Å²) in [6.45, 7) is 2.32. The minimum absolute atomic E-state index is 0.171. The Bertz CT molecular complexity index is 1420. The Morgan fingerprint density at radius 3 is 2.42 bits per heavy atom. The highest BCUT2D eigenvalue weighted by atomic mass is 32.2. The average molecular weight is 557 g/mol. The van der Waals surface area contributed by atoms with Crippen molar-refractivity contribution in [3.63, 3.8) is 0 Å². The van der Waals surface area contributed by atoms with E-state index in [1.54, 1.807) is 36.4 Å². The average Bonchev–Trinajstić information content (AvgIpc) is 3.56. The van der Waals surface area contributed by atoms with E-state index in [0.29, 0.717) is 53.9 Å². The van der Waals surface area contributed by atoms with Crippen LogP contribution in [0.2, 0.25) is 0 Å². The lowest BCUT2D eigenvalue weighted by atomic mass is 9.87. The van der Waals surface area contributed by atoms with Crippen LogP contribution in [0.25, 0.3) is 10.2 Å². The van der Waals surface area contributed by atoms with Crippen LogP contribution < -0.4 is 5.32 Å². The number of sulfonamides is 1. The first-order valence-electron chi connectivity index (χ1n) is 12.9. The minimum atomic E-state index is -3.59. The topological polar surface area (TPSA) is 120 Å². The number of hydrogen-bond acceptors (Lipinski definition) is 7. The van der Waals surface area contributed by atoms with Crippen LogP contribution in [0.4, 0.5) is 5.13 Å². The molecular formula is C27H32N4O5S2. The third kappa shape index (κ3) is 5.75. The number of benzene rings is 2. The largest absolute Gasteiger partial charge is 0.478 e. The van der Waals surface area contributed by atoms with Gasteiger partial charge in [0.05, 0.1) is 26.6 Å². The molecular weight excluding hydrogens is 524 g/mol. The number of nitrogens with zero attached hydrogens (tertiary/aromatic N) is 3. The molecule has 202 valence electrons. The second-order valence-electron chi connectivity index (χ2n) is 10.2. The summed E-state index contributed by atoms with van der Waals surface area (Å²) in [5.41, 5.74) is 1.58. The van der Waals surface area contributed by atoms with Crippen molar-refractivity contribution in [2.75, 3.05) is 38.5 Å². The fraction of sp³-hybridized carbons (Fsp3) is 0.444. The SMILES string of the molecule is CN1CCN(S(=O)(=O)c2ccc(C(CC3CCCC3)C(=O)Nc3nc4ccc(C(=O)O)cc4s3)cc2)CC1. The zero-order chi connectivity index (χ0) is 26.9. The number of rotatable bonds is 8. The molecule has 9 nitrogen and oxygen atoms in total. The Morgan fingerprint density at radius 1 is 1.08 bits per heavy atom. The van der Waals surface area contributed by atoms with E-state index in [2.05, 4.69) is 15.2 Å². The lowest BCUT2D eigenvalue weighted by Gasteiger charge is -2.31. The molecule has 1 aliphatic carbocycles. The van der Waals surface area contributed by atoms with Gasteiger partial charge in [0.1, 0.15) is 0 Å². The van der Waals surface area contributed by atoms with Crippen LogP contribution in [-0.2, 0) is 14.8 Å². The van der Waals surface area contributed by atoms with E-state index in [4.69, 9.17) is 0 Å². The quantitative estimate of drug-likeness (QED) is 0.426. The second-order valence-corrected chi connectivity index (χ2v) is 13.2. The molecule has 2 aromatic carbocycles. The van der Waals surface area contributed by atoms with Gasteiger partial charge in [-0.15, -0.1) is 0 Å². The number of thiazole rings is 1. The zero-order valence-electron chi connectivity index (χ0n) is 21.3. The molecule has 2 N–H and O–H groups in total. The molecule has 1 aromatic heterocycles. The molecule has 2 heterocycles. The van der Waals surface area contributed by atoms with E-state index in [-0.39, 0.29) is 16.4 Å². The fourth-order valence-corrected chi connectivity index (χ4v) is 7.66. The van der Waals surface area contributed by atoms with Gasteiger partial charge >= 0.3 is 5.97 Å². The number of fused-ring (bicyclic) bond motifs is 1. The highest BCUT2D eigenvalue weighted by Gasteiger charge is 2.30. The molecule has 1 saturated carbocycles. The number of likely N-dealkylation sites (N-methyl/N-ethyl adjacent to an activating group) is 1. The van der Waals surface area contributed by atoms with Crippen molar-refractivity contribution in [3.05, 3.63) is 53.6 Å². The number of carbonyl (C=O) groups is 2. The van der Waals surface area contributed by atoms with Crippen LogP contribution in [0, 0.1) is 5.92 Å². The van der Waals surface area contributed by atoms with Gasteiger partial charge in [0.25, 0.3) is 0 Å². The van der Waals surface area contributed by atoms with E-state index in [1.807, 2.05) is 7.05 Å². The first kappa shape index (κ1) is 26.7. The number of amides is 1. The minimum Gasteiger partial charge on any atom is -0.478 e. The van der Waals surface area contributed by atoms with Crippen molar-refractivity contribution in [1.82, 2.24) is 14.2 Å². The molecule has 0 spiro atoms. The second kappa shape index (κ2) is 11.1. The van der Waals surface area contributed by atoms with Crippen molar-refractivity contribution >= 4 is 48.6 Å². The molecule has 38 heavy (non-hydrogen) atoms. The standard InChI is InChI=1S/C27H32N4O5S2/c1-30-12-14-31(15-13-30)38(35,36)21-9-6-19(7-10-21)22(16-18-4-2-3-5-18)25(32)29-27-28-23-11-8-20(26(33)34)17-24(23)37-27/h6-11,17-18,22H,2-5,12-16H2,1H3,(H,33,34)(H,28,29,32). The summed E-state index contributed by atoms with van der Waals surface area (Å²) >= 11 is 1.24. The van der Waals surface area contributed by atoms with Crippen LogP contribution in [0.15, 0.2) is 47.4 Å². The van der Waals surface area contributed by atoms with Gasteiger partial charge in [-0.3, -0.25) is 4.79 Å². The Morgan fingerprint density at radius 2 is 1.76 bits per heavy atom. The number of anilines is 1. The van der Waals surface area contributed by atoms with Gasteiger partial charge in [0, 0.05) is 26.2 Å². The van der Waals surface area contributed by atoms with E-state index in [1.165, 1.54) is 21.7 Å². The summed E-state index contributed by atoms with van der Waals surface area (Å²) in [4.78, 5) is 31.7. The molecule has 11 heteroatoms. The number of hydrogen-bond donors (Lipinski definition) is 2. The highest BCUT2D eigenvalue weighted by Crippen LogP contribution is 2.36. The molecule has 1 saturated heterocycles. The molecule has 3 aromatic rings. The number of piperazine rings is 1. The van der Waals surface area contributed by atoms with Gasteiger partial charge < -0.3 is 15.3 Å².